The van der Waals surface area contributed by atoms with E-state index in [1.807, 2.05) is 0 Å². The minimum atomic E-state index is -1.45. The first-order valence-corrected chi connectivity index (χ1v) is 19.8. The first-order valence-electron chi connectivity index (χ1n) is 19.8. The highest BCUT2D eigenvalue weighted by molar-refractivity contribution is 5.29. The van der Waals surface area contributed by atoms with E-state index < -0.39 is 84.8 Å². The maximum atomic E-state index is 11.1. The van der Waals surface area contributed by atoms with Gasteiger partial charge >= 0.3 is 0 Å². The lowest BCUT2D eigenvalue weighted by Gasteiger charge is -2.61. The molecule has 0 aromatic carbocycles. The van der Waals surface area contributed by atoms with Crippen LogP contribution < -0.4 is 0 Å². The molecule has 0 aromatic heterocycles. The van der Waals surface area contributed by atoms with E-state index in [1.165, 1.54) is 5.57 Å². The lowest BCUT2D eigenvalue weighted by Crippen LogP contribution is -2.62. The van der Waals surface area contributed by atoms with Crippen LogP contribution in [0.4, 0.5) is 0 Å². The topological polar surface area (TPSA) is 177 Å². The number of allylic oxidation sites excluding steroid dienone is 1. The average Bonchev–Trinajstić information content (AvgIpc) is 3.55. The standard InChI is InChI=1S/C39H62O12/c1-17-9-12-39(46-16-17)18(2)28-26(51-39)15-25-23-8-7-21-13-22(49-35-33(44)31(42)29(40)19(3)47-35)14-27(38(21,6)24(23)10-11-37(25,28)5)50-36-34(45)32(43)30(41)20(4)48-36/h7,17-20,22-36,40-45H,8-16H2,1-6H3/t17-,18-,19-,20+,22+,23+,24-,25-,26-,27+,28-,29-,30-,31+,32-,33+,34+,35-,36-,37-,38-,39+/m0/s1. The van der Waals surface area contributed by atoms with E-state index in [-0.39, 0.29) is 17.4 Å². The smallest absolute Gasteiger partial charge is 0.186 e. The van der Waals surface area contributed by atoms with Crippen molar-refractivity contribution in [3.63, 3.8) is 0 Å². The van der Waals surface area contributed by atoms with Crippen LogP contribution in [0.25, 0.3) is 0 Å². The van der Waals surface area contributed by atoms with E-state index in [2.05, 4.69) is 33.8 Å². The third kappa shape index (κ3) is 5.67. The third-order valence-electron chi connectivity index (χ3n) is 15.6. The molecule has 0 bridgehead atoms. The number of fused-ring (bicyclic) bond motifs is 7. The molecule has 4 saturated heterocycles. The summed E-state index contributed by atoms with van der Waals surface area (Å²) in [5.74, 6) is 1.99. The summed E-state index contributed by atoms with van der Waals surface area (Å²) in [5, 5.41) is 63.8. The SMILES string of the molecule is C[C@H]1CC[C@@]2(OC1)O[C@H]1C[C@H]3[C@@H]4CC=C5C[C@@H](O[C@@H]6O[C@@H](C)[C@H](O)[C@@H](O)[C@H]6O)C[C@@H](O[C@@H]6O[C@H](C)[C@H](O)[C@H](O)[C@H]6O)[C@]5(C)[C@H]4CC[C@]3(C)[C@H]1[C@@H]2C. The molecule has 0 unspecified atom stereocenters. The summed E-state index contributed by atoms with van der Waals surface area (Å²) in [6.45, 7) is 13.4. The highest BCUT2D eigenvalue weighted by Crippen LogP contribution is 2.71. The van der Waals surface area contributed by atoms with Crippen LogP contribution in [-0.4, -0.2) is 123 Å². The minimum absolute atomic E-state index is 0.119. The second kappa shape index (κ2) is 13.2. The van der Waals surface area contributed by atoms with Gasteiger partial charge in [-0.3, -0.25) is 0 Å². The molecule has 8 aliphatic rings. The van der Waals surface area contributed by atoms with Crippen LogP contribution in [0.2, 0.25) is 0 Å². The van der Waals surface area contributed by atoms with Gasteiger partial charge in [-0.15, -0.1) is 0 Å². The molecule has 51 heavy (non-hydrogen) atoms. The fourth-order valence-corrected chi connectivity index (χ4v) is 12.6. The molecule has 4 aliphatic carbocycles. The van der Waals surface area contributed by atoms with Gasteiger partial charge in [-0.05, 0) is 87.4 Å². The predicted octanol–water partition coefficient (Wildman–Crippen LogP) is 2.39. The monoisotopic (exact) mass is 722 g/mol. The van der Waals surface area contributed by atoms with E-state index in [1.54, 1.807) is 13.8 Å². The fraction of sp³-hybridized carbons (Fsp3) is 0.949. The minimum Gasteiger partial charge on any atom is -0.388 e. The maximum Gasteiger partial charge on any atom is 0.186 e. The van der Waals surface area contributed by atoms with Gasteiger partial charge in [0.2, 0.25) is 0 Å². The number of aliphatic hydroxyl groups excluding tert-OH is 6. The van der Waals surface area contributed by atoms with Crippen molar-refractivity contribution in [3.05, 3.63) is 11.6 Å². The van der Waals surface area contributed by atoms with Crippen molar-refractivity contribution >= 4 is 0 Å². The Hall–Kier alpha value is -0.740. The third-order valence-corrected chi connectivity index (χ3v) is 15.6. The van der Waals surface area contributed by atoms with Crippen LogP contribution in [0.5, 0.6) is 0 Å². The quantitative estimate of drug-likeness (QED) is 0.234. The van der Waals surface area contributed by atoms with Crippen molar-refractivity contribution in [1.82, 2.24) is 0 Å². The van der Waals surface area contributed by atoms with Gasteiger partial charge in [-0.2, -0.15) is 0 Å². The molecular formula is C39H62O12. The lowest BCUT2D eigenvalue weighted by atomic mass is 9.46. The summed E-state index contributed by atoms with van der Waals surface area (Å²) in [5.41, 5.74) is 0.868. The number of ether oxygens (including phenoxy) is 6. The number of hydrogen-bond donors (Lipinski definition) is 6. The highest BCUT2D eigenvalue weighted by atomic mass is 16.7. The van der Waals surface area contributed by atoms with E-state index in [0.29, 0.717) is 42.4 Å². The van der Waals surface area contributed by atoms with Crippen LogP contribution in [0.1, 0.15) is 92.9 Å². The van der Waals surface area contributed by atoms with Crippen LogP contribution in [0.3, 0.4) is 0 Å². The summed E-state index contributed by atoms with van der Waals surface area (Å²) >= 11 is 0. The zero-order valence-corrected chi connectivity index (χ0v) is 31.0. The van der Waals surface area contributed by atoms with Gasteiger partial charge in [0.15, 0.2) is 18.4 Å². The van der Waals surface area contributed by atoms with Crippen molar-refractivity contribution in [1.29, 1.82) is 0 Å². The molecule has 0 radical (unpaired) electrons. The Morgan fingerprint density at radius 1 is 0.745 bits per heavy atom. The van der Waals surface area contributed by atoms with E-state index in [4.69, 9.17) is 28.4 Å². The molecule has 12 heteroatoms. The number of rotatable bonds is 4. The van der Waals surface area contributed by atoms with Crippen LogP contribution in [0, 0.1) is 46.3 Å². The molecule has 290 valence electrons. The summed E-state index contributed by atoms with van der Waals surface area (Å²) < 4.78 is 38.5. The molecule has 4 heterocycles. The van der Waals surface area contributed by atoms with Gasteiger partial charge < -0.3 is 59.1 Å². The summed E-state index contributed by atoms with van der Waals surface area (Å²) in [7, 11) is 0. The highest BCUT2D eigenvalue weighted by Gasteiger charge is 2.69. The summed E-state index contributed by atoms with van der Waals surface area (Å²) in [4.78, 5) is 0. The molecular weight excluding hydrogens is 660 g/mol. The van der Waals surface area contributed by atoms with E-state index in [0.717, 1.165) is 45.1 Å². The van der Waals surface area contributed by atoms with Gasteiger partial charge in [0, 0.05) is 24.2 Å². The molecule has 3 saturated carbocycles. The Kier molecular flexibility index (Phi) is 9.62. The lowest BCUT2D eigenvalue weighted by molar-refractivity contribution is -0.329. The number of hydrogen-bond acceptors (Lipinski definition) is 12. The summed E-state index contributed by atoms with van der Waals surface area (Å²) in [6, 6.07) is 0. The van der Waals surface area contributed by atoms with Crippen molar-refractivity contribution < 1.29 is 59.1 Å². The van der Waals surface area contributed by atoms with Crippen LogP contribution in [0.15, 0.2) is 11.6 Å². The Morgan fingerprint density at radius 2 is 1.39 bits per heavy atom. The van der Waals surface area contributed by atoms with E-state index >= 15 is 0 Å². The molecule has 8 rings (SSSR count). The normalized spacial score (nSPS) is 59.8. The molecule has 1 spiro atoms. The van der Waals surface area contributed by atoms with Gasteiger partial charge in [0.1, 0.15) is 36.6 Å². The molecule has 0 amide bonds. The molecule has 12 nitrogen and oxygen atoms in total. The molecule has 7 fully saturated rings. The Labute approximate surface area is 301 Å². The van der Waals surface area contributed by atoms with Gasteiger partial charge in [0.05, 0.1) is 37.1 Å². The Morgan fingerprint density at radius 3 is 2.02 bits per heavy atom. The second-order valence-corrected chi connectivity index (χ2v) is 18.3. The average molecular weight is 723 g/mol. The fourth-order valence-electron chi connectivity index (χ4n) is 12.6. The first kappa shape index (κ1) is 37.2. The van der Waals surface area contributed by atoms with E-state index in [9.17, 15) is 30.6 Å². The second-order valence-electron chi connectivity index (χ2n) is 18.3. The van der Waals surface area contributed by atoms with Crippen molar-refractivity contribution in [2.24, 2.45) is 46.3 Å². The maximum absolute atomic E-state index is 11.1. The van der Waals surface area contributed by atoms with Crippen molar-refractivity contribution in [2.45, 2.75) is 178 Å². The molecule has 22 atom stereocenters. The van der Waals surface area contributed by atoms with Gasteiger partial charge in [-0.1, -0.05) is 39.3 Å². The van der Waals surface area contributed by atoms with Gasteiger partial charge in [0.25, 0.3) is 0 Å². The molecule has 4 aliphatic heterocycles. The Bertz CT molecular complexity index is 1320. The number of aliphatic hydroxyl groups is 6. The molecule has 6 N–H and O–H groups in total. The summed E-state index contributed by atoms with van der Waals surface area (Å²) in [6.07, 6.45) is -3.33. The van der Waals surface area contributed by atoms with Crippen LogP contribution in [-0.2, 0) is 28.4 Å². The zero-order chi connectivity index (χ0) is 36.4. The van der Waals surface area contributed by atoms with Crippen molar-refractivity contribution in [2.75, 3.05) is 6.61 Å². The predicted molar refractivity (Wildman–Crippen MR) is 182 cm³/mol. The largest absolute Gasteiger partial charge is 0.388 e. The van der Waals surface area contributed by atoms with Gasteiger partial charge in [-0.25, -0.2) is 0 Å². The van der Waals surface area contributed by atoms with Crippen LogP contribution >= 0.6 is 0 Å². The first-order chi connectivity index (χ1) is 24.1. The Balaban J connectivity index is 1.08. The molecule has 0 aromatic rings. The van der Waals surface area contributed by atoms with Crippen molar-refractivity contribution in [3.8, 4) is 0 Å². The zero-order valence-electron chi connectivity index (χ0n) is 31.0.